The van der Waals surface area contributed by atoms with Crippen LogP contribution in [0.1, 0.15) is 10.5 Å². The van der Waals surface area contributed by atoms with Crippen molar-refractivity contribution in [2.45, 2.75) is 9.79 Å². The lowest BCUT2D eigenvalue weighted by Gasteiger charge is -2.10. The average molecular weight is 424 g/mol. The molecule has 29 heavy (non-hydrogen) atoms. The summed E-state index contributed by atoms with van der Waals surface area (Å²) in [5.41, 5.74) is 2.30. The molecule has 0 fully saturated rings. The molecule has 1 aromatic heterocycles. The number of nitrogens with zero attached hydrogens (tertiary/aromatic N) is 1. The standard InChI is InChI=1S/C22H15ClFN3OS/c23-15-7-11-17(12-8-15)29-21-4-2-1-3-18(21)25-22(28)20-13-19(26-27-20)14-5-9-16(24)10-6-14/h1-13H,(H,25,28)(H,26,27). The number of carbonyl (C=O) groups excluding carboxylic acids is 1. The second-order valence-corrected chi connectivity index (χ2v) is 7.73. The third kappa shape index (κ3) is 4.67. The molecule has 0 saturated carbocycles. The minimum atomic E-state index is -0.322. The van der Waals surface area contributed by atoms with Crippen molar-refractivity contribution in [1.82, 2.24) is 10.2 Å². The van der Waals surface area contributed by atoms with Crippen molar-refractivity contribution in [3.63, 3.8) is 0 Å². The molecule has 0 aliphatic rings. The molecule has 0 spiro atoms. The molecule has 0 bridgehead atoms. The molecule has 2 N–H and O–H groups in total. The number of para-hydroxylation sites is 1. The molecule has 144 valence electrons. The zero-order valence-corrected chi connectivity index (χ0v) is 16.6. The van der Waals surface area contributed by atoms with Gasteiger partial charge < -0.3 is 5.32 Å². The van der Waals surface area contributed by atoms with Crippen molar-refractivity contribution in [3.05, 3.63) is 95.4 Å². The fraction of sp³-hybridized carbons (Fsp3) is 0. The SMILES string of the molecule is O=C(Nc1ccccc1Sc1ccc(Cl)cc1)c1cc(-c2ccc(F)cc2)n[nH]1. The number of amides is 1. The number of nitrogens with one attached hydrogen (secondary N) is 2. The third-order valence-electron chi connectivity index (χ3n) is 4.14. The number of anilines is 1. The minimum absolute atomic E-state index is 0.310. The second-order valence-electron chi connectivity index (χ2n) is 6.18. The minimum Gasteiger partial charge on any atom is -0.320 e. The molecular weight excluding hydrogens is 409 g/mol. The highest BCUT2D eigenvalue weighted by Gasteiger charge is 2.13. The molecular formula is C22H15ClFN3OS. The first-order valence-corrected chi connectivity index (χ1v) is 9.93. The van der Waals surface area contributed by atoms with Crippen LogP contribution in [0, 0.1) is 5.82 Å². The normalized spacial score (nSPS) is 10.7. The third-order valence-corrected chi connectivity index (χ3v) is 5.47. The number of H-pyrrole nitrogens is 1. The Morgan fingerprint density at radius 2 is 1.72 bits per heavy atom. The van der Waals surface area contributed by atoms with Gasteiger partial charge in [0.15, 0.2) is 0 Å². The molecule has 0 aliphatic carbocycles. The van der Waals surface area contributed by atoms with Crippen LogP contribution in [-0.4, -0.2) is 16.1 Å². The first-order valence-electron chi connectivity index (χ1n) is 8.73. The number of rotatable bonds is 5. The molecule has 0 aliphatic heterocycles. The van der Waals surface area contributed by atoms with Gasteiger partial charge in [-0.25, -0.2) is 4.39 Å². The lowest BCUT2D eigenvalue weighted by Crippen LogP contribution is -2.12. The van der Waals surface area contributed by atoms with E-state index in [-0.39, 0.29) is 11.7 Å². The molecule has 1 amide bonds. The second kappa shape index (κ2) is 8.51. The van der Waals surface area contributed by atoms with Gasteiger partial charge in [-0.15, -0.1) is 0 Å². The highest BCUT2D eigenvalue weighted by molar-refractivity contribution is 7.99. The molecule has 0 atom stereocenters. The number of hydrogen-bond acceptors (Lipinski definition) is 3. The van der Waals surface area contributed by atoms with Gasteiger partial charge in [0, 0.05) is 20.4 Å². The van der Waals surface area contributed by atoms with Gasteiger partial charge in [0.1, 0.15) is 11.5 Å². The summed E-state index contributed by atoms with van der Waals surface area (Å²) in [6.07, 6.45) is 0. The zero-order chi connectivity index (χ0) is 20.2. The van der Waals surface area contributed by atoms with Gasteiger partial charge in [-0.1, -0.05) is 35.5 Å². The van der Waals surface area contributed by atoms with Gasteiger partial charge in [-0.3, -0.25) is 9.89 Å². The summed E-state index contributed by atoms with van der Waals surface area (Å²) in [6, 6.07) is 22.6. The van der Waals surface area contributed by atoms with Crippen molar-refractivity contribution >= 4 is 35.0 Å². The Hall–Kier alpha value is -3.09. The van der Waals surface area contributed by atoms with Crippen LogP contribution in [0.4, 0.5) is 10.1 Å². The molecule has 1 heterocycles. The highest BCUT2D eigenvalue weighted by Crippen LogP contribution is 2.34. The Balaban J connectivity index is 1.52. The lowest BCUT2D eigenvalue weighted by atomic mass is 10.1. The molecule has 7 heteroatoms. The van der Waals surface area contributed by atoms with E-state index < -0.39 is 0 Å². The van der Waals surface area contributed by atoms with E-state index in [2.05, 4.69) is 15.5 Å². The Morgan fingerprint density at radius 1 is 1.00 bits per heavy atom. The van der Waals surface area contributed by atoms with Crippen LogP contribution in [0.15, 0.2) is 88.7 Å². The van der Waals surface area contributed by atoms with Crippen LogP contribution in [0.2, 0.25) is 5.02 Å². The van der Waals surface area contributed by atoms with E-state index in [1.807, 2.05) is 48.5 Å². The van der Waals surface area contributed by atoms with Crippen LogP contribution in [0.25, 0.3) is 11.3 Å². The molecule has 0 saturated heterocycles. The molecule has 4 nitrogen and oxygen atoms in total. The first-order chi connectivity index (χ1) is 14.1. The quantitative estimate of drug-likeness (QED) is 0.397. The molecule has 0 radical (unpaired) electrons. The van der Waals surface area contributed by atoms with Crippen molar-refractivity contribution in [1.29, 1.82) is 0 Å². The predicted octanol–water partition coefficient (Wildman–Crippen LogP) is 6.27. The molecule has 3 aromatic carbocycles. The number of benzene rings is 3. The summed E-state index contributed by atoms with van der Waals surface area (Å²) >= 11 is 7.47. The van der Waals surface area contributed by atoms with Crippen LogP contribution in [0.5, 0.6) is 0 Å². The van der Waals surface area contributed by atoms with Crippen molar-refractivity contribution in [2.24, 2.45) is 0 Å². The Kier molecular flexibility index (Phi) is 5.64. The van der Waals surface area contributed by atoms with Gasteiger partial charge in [0.2, 0.25) is 0 Å². The zero-order valence-electron chi connectivity index (χ0n) is 15.0. The largest absolute Gasteiger partial charge is 0.320 e. The molecule has 0 unspecified atom stereocenters. The highest BCUT2D eigenvalue weighted by atomic mass is 35.5. The average Bonchev–Trinajstić information content (AvgIpc) is 3.22. The van der Waals surface area contributed by atoms with Crippen LogP contribution < -0.4 is 5.32 Å². The van der Waals surface area contributed by atoms with Gasteiger partial charge in [-0.05, 0) is 66.7 Å². The van der Waals surface area contributed by atoms with E-state index in [4.69, 9.17) is 11.6 Å². The Morgan fingerprint density at radius 3 is 2.48 bits per heavy atom. The van der Waals surface area contributed by atoms with Crippen LogP contribution >= 0.6 is 23.4 Å². The number of carbonyl (C=O) groups is 1. The first kappa shape index (κ1) is 19.2. The molecule has 4 rings (SSSR count). The number of halogens is 2. The summed E-state index contributed by atoms with van der Waals surface area (Å²) in [4.78, 5) is 14.6. The Bertz CT molecular complexity index is 1140. The van der Waals surface area contributed by atoms with Gasteiger partial charge >= 0.3 is 0 Å². The summed E-state index contributed by atoms with van der Waals surface area (Å²) in [5.74, 6) is -0.632. The van der Waals surface area contributed by atoms with Gasteiger partial charge in [0.05, 0.1) is 11.4 Å². The summed E-state index contributed by atoms with van der Waals surface area (Å²) in [7, 11) is 0. The van der Waals surface area contributed by atoms with Crippen molar-refractivity contribution < 1.29 is 9.18 Å². The van der Waals surface area contributed by atoms with E-state index >= 15 is 0 Å². The van der Waals surface area contributed by atoms with Crippen LogP contribution in [-0.2, 0) is 0 Å². The van der Waals surface area contributed by atoms with E-state index in [0.717, 1.165) is 15.4 Å². The Labute approximate surface area is 176 Å². The van der Waals surface area contributed by atoms with Crippen LogP contribution in [0.3, 0.4) is 0 Å². The maximum Gasteiger partial charge on any atom is 0.273 e. The summed E-state index contributed by atoms with van der Waals surface area (Å²) in [6.45, 7) is 0. The number of hydrogen-bond donors (Lipinski definition) is 2. The monoisotopic (exact) mass is 423 g/mol. The summed E-state index contributed by atoms with van der Waals surface area (Å²) < 4.78 is 13.1. The lowest BCUT2D eigenvalue weighted by molar-refractivity contribution is 0.102. The van der Waals surface area contributed by atoms with Gasteiger partial charge in [0.25, 0.3) is 5.91 Å². The van der Waals surface area contributed by atoms with Crippen molar-refractivity contribution in [2.75, 3.05) is 5.32 Å². The number of aromatic nitrogens is 2. The smallest absolute Gasteiger partial charge is 0.273 e. The van der Waals surface area contributed by atoms with Crippen molar-refractivity contribution in [3.8, 4) is 11.3 Å². The van der Waals surface area contributed by atoms with Gasteiger partial charge in [-0.2, -0.15) is 5.10 Å². The maximum absolute atomic E-state index is 13.1. The van der Waals surface area contributed by atoms with E-state index in [1.165, 1.54) is 23.9 Å². The van der Waals surface area contributed by atoms with E-state index in [1.54, 1.807) is 18.2 Å². The van der Waals surface area contributed by atoms with E-state index in [9.17, 15) is 9.18 Å². The fourth-order valence-corrected chi connectivity index (χ4v) is 3.71. The summed E-state index contributed by atoms with van der Waals surface area (Å²) in [5, 5.41) is 10.5. The predicted molar refractivity (Wildman–Crippen MR) is 114 cm³/mol. The topological polar surface area (TPSA) is 57.8 Å². The maximum atomic E-state index is 13.1. The number of aromatic amines is 1. The molecule has 4 aromatic rings. The fourth-order valence-electron chi connectivity index (χ4n) is 2.68. The van der Waals surface area contributed by atoms with E-state index in [0.29, 0.717) is 22.1 Å².